The maximum atomic E-state index is 11.2. The van der Waals surface area contributed by atoms with Crippen molar-refractivity contribution in [2.45, 2.75) is 77.2 Å². The first-order chi connectivity index (χ1) is 11.6. The van der Waals surface area contributed by atoms with Crippen LogP contribution in [0.2, 0.25) is 0 Å². The first-order valence-corrected chi connectivity index (χ1v) is 8.90. The molecule has 0 bridgehead atoms. The summed E-state index contributed by atoms with van der Waals surface area (Å²) in [5, 5.41) is 17.5. The summed E-state index contributed by atoms with van der Waals surface area (Å²) < 4.78 is 13.4. The quantitative estimate of drug-likeness (QED) is 0.148. The van der Waals surface area contributed by atoms with Crippen molar-refractivity contribution < 1.29 is 96.0 Å². The summed E-state index contributed by atoms with van der Waals surface area (Å²) in [5.41, 5.74) is 0. The third kappa shape index (κ3) is 22.7. The van der Waals surface area contributed by atoms with Gasteiger partial charge in [0.15, 0.2) is 0 Å². The smallest absolute Gasteiger partial charge is 1.00 e. The average Bonchev–Trinajstić information content (AvgIpc) is 2.57. The number of hydrogen-bond donors (Lipinski definition) is 2. The predicted octanol–water partition coefficient (Wildman–Crippen LogP) is -2.22. The van der Waals surface area contributed by atoms with Gasteiger partial charge in [-0.2, -0.15) is 0 Å². The van der Waals surface area contributed by atoms with E-state index in [1.54, 1.807) is 0 Å². The Hall–Kier alpha value is 0.660. The van der Waals surface area contributed by atoms with Gasteiger partial charge in [0.1, 0.15) is 12.7 Å². The minimum Gasteiger partial charge on any atom is -1.00 e. The minimum absolute atomic E-state index is 0. The van der Waals surface area contributed by atoms with E-state index in [4.69, 9.17) is 14.9 Å². The summed E-state index contributed by atoms with van der Waals surface area (Å²) in [4.78, 5) is 22.2. The molecule has 0 amide bonds. The summed E-state index contributed by atoms with van der Waals surface area (Å²) in [5.74, 6) is 0. The summed E-state index contributed by atoms with van der Waals surface area (Å²) in [6.45, 7) is 1.42. The van der Waals surface area contributed by atoms with Crippen molar-refractivity contribution in [3.63, 3.8) is 0 Å². The number of ether oxygens (including phenoxy) is 3. The van der Waals surface area contributed by atoms with Crippen molar-refractivity contribution in [1.29, 1.82) is 0 Å². The molecule has 7 nitrogen and oxygen atoms in total. The molecule has 0 aromatic heterocycles. The maximum Gasteiger partial charge on any atom is 1.00 e. The predicted molar refractivity (Wildman–Crippen MR) is 90.9 cm³/mol. The van der Waals surface area contributed by atoms with Crippen LogP contribution in [0.3, 0.4) is 0 Å². The van der Waals surface area contributed by atoms with Crippen LogP contribution in [-0.2, 0) is 14.2 Å². The van der Waals surface area contributed by atoms with E-state index in [1.807, 2.05) is 0 Å². The van der Waals surface area contributed by atoms with Gasteiger partial charge in [0, 0.05) is 0 Å². The van der Waals surface area contributed by atoms with Crippen molar-refractivity contribution in [3.8, 4) is 0 Å². The van der Waals surface area contributed by atoms with Crippen molar-refractivity contribution in [2.24, 2.45) is 0 Å². The average molecular weight is 396 g/mol. The number of carbonyl (C=O) groups is 2. The van der Waals surface area contributed by atoms with Gasteiger partial charge in [-0.05, 0) is 6.42 Å². The number of unbranched alkanes of at least 4 members (excludes halogenated alkanes) is 9. The molecule has 9 heteroatoms. The molecule has 2 N–H and O–H groups in total. The van der Waals surface area contributed by atoms with Crippen LogP contribution in [0.25, 0.3) is 0 Å². The molecule has 0 rings (SSSR count). The Morgan fingerprint density at radius 3 is 1.81 bits per heavy atom. The first-order valence-electron chi connectivity index (χ1n) is 8.90. The number of rotatable bonds is 14. The largest absolute Gasteiger partial charge is 1.00 e. The molecule has 0 radical (unpaired) electrons. The standard InChI is InChI=1S/C17H32O7.2Na.2H/c1-2-3-4-5-6-7-8-9-10-11-12-22-16(20)24-17(21)23-14-15(19)13-18;;;;/h15,18-19H,2-14H2,1H3;;;;/q;2*+1;2*-1. The van der Waals surface area contributed by atoms with Gasteiger partial charge in [0.05, 0.1) is 13.2 Å². The Balaban J connectivity index is -0.000000441. The fourth-order valence-corrected chi connectivity index (χ4v) is 2.09. The van der Waals surface area contributed by atoms with Gasteiger partial charge in [-0.25, -0.2) is 9.59 Å². The molecule has 146 valence electrons. The van der Waals surface area contributed by atoms with Crippen LogP contribution in [0.4, 0.5) is 9.59 Å². The maximum absolute atomic E-state index is 11.2. The van der Waals surface area contributed by atoms with Crippen molar-refractivity contribution in [2.75, 3.05) is 19.8 Å². The van der Waals surface area contributed by atoms with E-state index in [2.05, 4.69) is 16.4 Å². The van der Waals surface area contributed by atoms with Crippen LogP contribution >= 0.6 is 0 Å². The molecule has 26 heavy (non-hydrogen) atoms. The SMILES string of the molecule is CCCCCCCCCCCCOC(=O)OC(=O)OCC(O)CO.[H-].[H-].[Na+].[Na+]. The molecule has 0 aliphatic heterocycles. The van der Waals surface area contributed by atoms with Crippen molar-refractivity contribution in [3.05, 3.63) is 0 Å². The van der Waals surface area contributed by atoms with E-state index in [0.29, 0.717) is 0 Å². The fourth-order valence-electron chi connectivity index (χ4n) is 2.09. The topological polar surface area (TPSA) is 102 Å². The Morgan fingerprint density at radius 1 is 0.846 bits per heavy atom. The zero-order chi connectivity index (χ0) is 18.0. The first kappa shape index (κ1) is 31.4. The summed E-state index contributed by atoms with van der Waals surface area (Å²) in [6.07, 6.45) is 8.19. The Labute approximate surface area is 204 Å². The molecular weight excluding hydrogens is 362 g/mol. The van der Waals surface area contributed by atoms with E-state index in [0.717, 1.165) is 19.3 Å². The normalized spacial score (nSPS) is 10.9. The molecule has 0 aromatic carbocycles. The van der Waals surface area contributed by atoms with Gasteiger partial charge < -0.3 is 27.3 Å². The van der Waals surface area contributed by atoms with E-state index < -0.39 is 31.6 Å². The number of aliphatic hydroxyl groups excluding tert-OH is 2. The third-order valence-corrected chi connectivity index (χ3v) is 3.49. The van der Waals surface area contributed by atoms with Crippen LogP contribution in [0.15, 0.2) is 0 Å². The van der Waals surface area contributed by atoms with Crippen LogP contribution < -0.4 is 59.1 Å². The second-order valence-electron chi connectivity index (χ2n) is 5.78. The molecule has 1 unspecified atom stereocenters. The molecule has 1 atom stereocenters. The van der Waals surface area contributed by atoms with Crippen molar-refractivity contribution in [1.82, 2.24) is 0 Å². The summed E-state index contributed by atoms with van der Waals surface area (Å²) in [7, 11) is 0. The van der Waals surface area contributed by atoms with Gasteiger partial charge in [0.2, 0.25) is 0 Å². The number of hydrogen-bond acceptors (Lipinski definition) is 7. The van der Waals surface area contributed by atoms with E-state index >= 15 is 0 Å². The Morgan fingerprint density at radius 2 is 1.31 bits per heavy atom. The van der Waals surface area contributed by atoms with E-state index in [1.165, 1.54) is 44.9 Å². The van der Waals surface area contributed by atoms with Crippen molar-refractivity contribution >= 4 is 12.3 Å². The van der Waals surface area contributed by atoms with Crippen LogP contribution in [-0.4, -0.2) is 48.4 Å². The van der Waals surface area contributed by atoms with Crippen LogP contribution in [0, 0.1) is 0 Å². The molecule has 0 spiro atoms. The molecule has 0 aromatic rings. The molecule has 0 aliphatic rings. The molecule has 0 aliphatic carbocycles. The summed E-state index contributed by atoms with van der Waals surface area (Å²) >= 11 is 0. The molecular formula is C17H34Na2O7. The molecule has 0 heterocycles. The molecule has 0 saturated carbocycles. The summed E-state index contributed by atoms with van der Waals surface area (Å²) in [6, 6.07) is 0. The second-order valence-corrected chi connectivity index (χ2v) is 5.78. The minimum atomic E-state index is -1.25. The van der Waals surface area contributed by atoms with Crippen LogP contribution in [0.5, 0.6) is 0 Å². The van der Waals surface area contributed by atoms with Gasteiger partial charge in [-0.15, -0.1) is 0 Å². The monoisotopic (exact) mass is 396 g/mol. The number of carbonyl (C=O) groups excluding carboxylic acids is 2. The van der Waals surface area contributed by atoms with Gasteiger partial charge in [-0.3, -0.25) is 0 Å². The zero-order valence-electron chi connectivity index (χ0n) is 18.7. The zero-order valence-corrected chi connectivity index (χ0v) is 20.7. The van der Waals surface area contributed by atoms with Crippen LogP contribution in [0.1, 0.15) is 74.0 Å². The Bertz CT molecular complexity index is 341. The van der Waals surface area contributed by atoms with Gasteiger partial charge in [0.25, 0.3) is 0 Å². The van der Waals surface area contributed by atoms with E-state index in [9.17, 15) is 9.59 Å². The Kier molecular flexibility index (Phi) is 28.6. The molecule has 0 fully saturated rings. The number of aliphatic hydroxyl groups is 2. The second kappa shape index (κ2) is 23.7. The fraction of sp³-hybridized carbons (Fsp3) is 0.882. The van der Waals surface area contributed by atoms with Gasteiger partial charge >= 0.3 is 71.4 Å². The van der Waals surface area contributed by atoms with E-state index in [-0.39, 0.29) is 68.6 Å². The third-order valence-electron chi connectivity index (χ3n) is 3.49. The van der Waals surface area contributed by atoms with Gasteiger partial charge in [-0.1, -0.05) is 64.7 Å². The molecule has 0 saturated heterocycles.